The molecule has 9 nitrogen and oxygen atoms in total. The van der Waals surface area contributed by atoms with E-state index in [1.807, 2.05) is 24.9 Å². The number of piperidine rings is 1. The van der Waals surface area contributed by atoms with E-state index in [-0.39, 0.29) is 6.17 Å². The number of carbonyl (C=O) groups is 1. The highest BCUT2D eigenvalue weighted by Gasteiger charge is 2.17. The number of aromatic nitrogens is 3. The normalized spacial score (nSPS) is 16.4. The number of nitrogens with one attached hydrogen (secondary N) is 3. The molecule has 5 N–H and O–H groups in total. The average molecular weight is 413 g/mol. The maximum atomic E-state index is 11.6. The Labute approximate surface area is 177 Å². The molecular weight excluding hydrogens is 380 g/mol. The number of rotatable bonds is 8. The first kappa shape index (κ1) is 21.8. The first-order valence-corrected chi connectivity index (χ1v) is 10.5. The van der Waals surface area contributed by atoms with Gasteiger partial charge in [-0.15, -0.1) is 0 Å². The number of nitrogens with two attached hydrogens (primary N) is 1. The van der Waals surface area contributed by atoms with E-state index < -0.39 is 5.91 Å². The Balaban J connectivity index is 1.90. The second kappa shape index (κ2) is 9.71. The third-order valence-electron chi connectivity index (χ3n) is 4.99. The van der Waals surface area contributed by atoms with Gasteiger partial charge in [0.15, 0.2) is 0 Å². The lowest BCUT2D eigenvalue weighted by molar-refractivity contribution is 0.100. The molecule has 0 spiro atoms. The van der Waals surface area contributed by atoms with E-state index in [0.29, 0.717) is 29.3 Å². The van der Waals surface area contributed by atoms with Crippen molar-refractivity contribution in [3.8, 4) is 0 Å². The lowest BCUT2D eigenvalue weighted by Gasteiger charge is -2.25. The highest BCUT2D eigenvalue weighted by atomic mass is 16.1. The fourth-order valence-electron chi connectivity index (χ4n) is 3.45. The quantitative estimate of drug-likeness (QED) is 0.522. The summed E-state index contributed by atoms with van der Waals surface area (Å²) in [5, 5.41) is 10.1. The molecule has 1 atom stereocenters. The Morgan fingerprint density at radius 2 is 2.03 bits per heavy atom. The zero-order valence-corrected chi connectivity index (χ0v) is 18.2. The molecule has 1 saturated heterocycles. The molecule has 1 aliphatic heterocycles. The highest BCUT2D eigenvalue weighted by molar-refractivity contribution is 5.94. The van der Waals surface area contributed by atoms with Crippen LogP contribution in [0.25, 0.3) is 0 Å². The van der Waals surface area contributed by atoms with E-state index in [0.717, 1.165) is 30.8 Å². The summed E-state index contributed by atoms with van der Waals surface area (Å²) in [6, 6.07) is 5.27. The predicted octanol–water partition coefficient (Wildman–Crippen LogP) is 2.63. The first-order valence-electron chi connectivity index (χ1n) is 10.5. The maximum Gasteiger partial charge on any atom is 0.248 e. The summed E-state index contributed by atoms with van der Waals surface area (Å²) in [5.41, 5.74) is 7.55. The van der Waals surface area contributed by atoms with Crippen molar-refractivity contribution in [1.82, 2.24) is 20.3 Å². The maximum absolute atomic E-state index is 11.6. The predicted molar refractivity (Wildman–Crippen MR) is 120 cm³/mol. The van der Waals surface area contributed by atoms with Gasteiger partial charge in [-0.3, -0.25) is 10.1 Å². The fraction of sp³-hybridized carbons (Fsp3) is 0.524. The lowest BCUT2D eigenvalue weighted by atomic mass is 10.1. The molecule has 1 aromatic carbocycles. The minimum absolute atomic E-state index is 0.136. The van der Waals surface area contributed by atoms with E-state index >= 15 is 0 Å². The molecule has 1 aromatic heterocycles. The summed E-state index contributed by atoms with van der Waals surface area (Å²) in [5.74, 6) is 1.51. The minimum atomic E-state index is -0.475. The highest BCUT2D eigenvalue weighted by Crippen LogP contribution is 2.23. The second-order valence-corrected chi connectivity index (χ2v) is 8.22. The number of primary amides is 1. The summed E-state index contributed by atoms with van der Waals surface area (Å²) < 4.78 is 0. The smallest absolute Gasteiger partial charge is 0.248 e. The molecule has 2 aromatic rings. The SMILES string of the molecule is Cc1ccc(C(N)=O)cc1Nc1nc(N[C@@H]2CCCCN2)nc(N(C)CC(C)C)n1. The average Bonchev–Trinajstić information content (AvgIpc) is 2.69. The largest absolute Gasteiger partial charge is 0.366 e. The van der Waals surface area contributed by atoms with Gasteiger partial charge in [0.25, 0.3) is 0 Å². The Hall–Kier alpha value is -2.94. The summed E-state index contributed by atoms with van der Waals surface area (Å²) in [4.78, 5) is 27.4. The van der Waals surface area contributed by atoms with Crippen molar-refractivity contribution < 1.29 is 4.79 Å². The molecular formula is C21H32N8O. The number of aryl methyl sites for hydroxylation is 1. The Morgan fingerprint density at radius 1 is 1.27 bits per heavy atom. The molecule has 2 heterocycles. The van der Waals surface area contributed by atoms with E-state index in [1.54, 1.807) is 12.1 Å². The fourth-order valence-corrected chi connectivity index (χ4v) is 3.45. The van der Waals surface area contributed by atoms with Crippen molar-refractivity contribution in [2.24, 2.45) is 11.7 Å². The van der Waals surface area contributed by atoms with Crippen molar-refractivity contribution in [2.75, 3.05) is 35.7 Å². The molecule has 9 heteroatoms. The van der Waals surface area contributed by atoms with Crippen LogP contribution < -0.4 is 26.6 Å². The summed E-state index contributed by atoms with van der Waals surface area (Å²) in [6.45, 7) is 8.06. The standard InChI is InChI=1S/C21H32N8O/c1-13(2)12-29(4)21-27-19(24-16-11-15(18(22)30)9-8-14(16)3)26-20(28-21)25-17-7-5-6-10-23-17/h8-9,11,13,17,23H,5-7,10,12H2,1-4H3,(H2,22,30)(H2,24,25,26,27,28)/t17-/m1/s1. The van der Waals surface area contributed by atoms with Crippen molar-refractivity contribution in [2.45, 2.75) is 46.2 Å². The van der Waals surface area contributed by atoms with Gasteiger partial charge in [0, 0.05) is 24.8 Å². The van der Waals surface area contributed by atoms with Gasteiger partial charge in [-0.1, -0.05) is 19.9 Å². The van der Waals surface area contributed by atoms with Gasteiger partial charge in [-0.2, -0.15) is 15.0 Å². The number of carbonyl (C=O) groups excluding carboxylic acids is 1. The van der Waals surface area contributed by atoms with E-state index in [4.69, 9.17) is 5.73 Å². The Kier molecular flexibility index (Phi) is 7.04. The topological polar surface area (TPSA) is 121 Å². The second-order valence-electron chi connectivity index (χ2n) is 8.22. The van der Waals surface area contributed by atoms with E-state index in [9.17, 15) is 4.79 Å². The van der Waals surface area contributed by atoms with Gasteiger partial charge in [0.1, 0.15) is 0 Å². The van der Waals surface area contributed by atoms with Crippen LogP contribution in [0.5, 0.6) is 0 Å². The van der Waals surface area contributed by atoms with E-state index in [2.05, 4.69) is 44.7 Å². The lowest BCUT2D eigenvalue weighted by Crippen LogP contribution is -2.40. The molecule has 0 bridgehead atoms. The van der Waals surface area contributed by atoms with Gasteiger partial charge >= 0.3 is 0 Å². The van der Waals surface area contributed by atoms with Crippen molar-refractivity contribution >= 4 is 29.4 Å². The van der Waals surface area contributed by atoms with Crippen LogP contribution in [-0.4, -0.2) is 47.2 Å². The zero-order valence-electron chi connectivity index (χ0n) is 18.2. The van der Waals surface area contributed by atoms with Crippen LogP contribution >= 0.6 is 0 Å². The monoisotopic (exact) mass is 412 g/mol. The number of anilines is 4. The number of hydrogen-bond acceptors (Lipinski definition) is 8. The van der Waals surface area contributed by atoms with E-state index in [1.165, 1.54) is 12.8 Å². The van der Waals surface area contributed by atoms with Crippen LogP contribution in [0.1, 0.15) is 49.0 Å². The third-order valence-corrected chi connectivity index (χ3v) is 4.99. The molecule has 1 fully saturated rings. The zero-order chi connectivity index (χ0) is 21.7. The van der Waals surface area contributed by atoms with Crippen LogP contribution in [-0.2, 0) is 0 Å². The molecule has 162 valence electrons. The number of nitrogens with zero attached hydrogens (tertiary/aromatic N) is 4. The van der Waals surface area contributed by atoms with Crippen molar-refractivity contribution in [3.05, 3.63) is 29.3 Å². The van der Waals surface area contributed by atoms with Crippen LogP contribution in [0.15, 0.2) is 18.2 Å². The summed E-state index contributed by atoms with van der Waals surface area (Å²) >= 11 is 0. The molecule has 0 saturated carbocycles. The molecule has 0 aliphatic carbocycles. The number of hydrogen-bond donors (Lipinski definition) is 4. The molecule has 30 heavy (non-hydrogen) atoms. The minimum Gasteiger partial charge on any atom is -0.366 e. The summed E-state index contributed by atoms with van der Waals surface area (Å²) in [7, 11) is 1.97. The molecule has 3 rings (SSSR count). The molecule has 1 aliphatic rings. The third kappa shape index (κ3) is 5.79. The number of benzene rings is 1. The molecule has 1 amide bonds. The van der Waals surface area contributed by atoms with Crippen LogP contribution in [0, 0.1) is 12.8 Å². The van der Waals surface area contributed by atoms with Gasteiger partial charge in [0.2, 0.25) is 23.8 Å². The van der Waals surface area contributed by atoms with Gasteiger partial charge in [-0.25, -0.2) is 0 Å². The number of amides is 1. The summed E-state index contributed by atoms with van der Waals surface area (Å²) in [6.07, 6.45) is 3.50. The van der Waals surface area contributed by atoms with Crippen LogP contribution in [0.4, 0.5) is 23.5 Å². The molecule has 0 radical (unpaired) electrons. The van der Waals surface area contributed by atoms with Crippen LogP contribution in [0.3, 0.4) is 0 Å². The van der Waals surface area contributed by atoms with Gasteiger partial charge in [-0.05, 0) is 56.3 Å². The Morgan fingerprint density at radius 3 is 2.70 bits per heavy atom. The van der Waals surface area contributed by atoms with Gasteiger partial charge in [0.05, 0.1) is 6.17 Å². The Bertz CT molecular complexity index is 879. The van der Waals surface area contributed by atoms with Crippen molar-refractivity contribution in [1.29, 1.82) is 0 Å². The van der Waals surface area contributed by atoms with Gasteiger partial charge < -0.3 is 21.3 Å². The first-order chi connectivity index (χ1) is 14.3. The molecule has 0 unspecified atom stereocenters. The van der Waals surface area contributed by atoms with Crippen molar-refractivity contribution in [3.63, 3.8) is 0 Å². The van der Waals surface area contributed by atoms with Crippen LogP contribution in [0.2, 0.25) is 0 Å².